The number of amides is 1. The Kier molecular flexibility index (Phi) is 6.69. The van der Waals surface area contributed by atoms with E-state index in [1.54, 1.807) is 32.4 Å². The minimum absolute atomic E-state index is 0.294. The third kappa shape index (κ3) is 4.78. The third-order valence-corrected chi connectivity index (χ3v) is 4.41. The van der Waals surface area contributed by atoms with Crippen molar-refractivity contribution >= 4 is 11.6 Å². The SMILES string of the molecule is CCOc1ccc(/C(C)=N/NC(=O)c2cc(-c3ccc(OC)c(OC)c3)n[nH]2)cc1. The quantitative estimate of drug-likeness (QED) is 0.438. The van der Waals surface area contributed by atoms with E-state index in [-0.39, 0.29) is 5.91 Å². The van der Waals surface area contributed by atoms with Crippen LogP contribution >= 0.6 is 0 Å². The molecular formula is C22H24N4O4. The van der Waals surface area contributed by atoms with Crippen LogP contribution < -0.4 is 19.6 Å². The zero-order valence-electron chi connectivity index (χ0n) is 17.4. The van der Waals surface area contributed by atoms with Crippen molar-refractivity contribution in [3.63, 3.8) is 0 Å². The van der Waals surface area contributed by atoms with Crippen molar-refractivity contribution in [2.24, 2.45) is 5.10 Å². The second kappa shape index (κ2) is 9.60. The first-order valence-corrected chi connectivity index (χ1v) is 9.41. The molecule has 0 radical (unpaired) electrons. The Hall–Kier alpha value is -3.81. The normalized spacial score (nSPS) is 11.1. The molecule has 0 aliphatic heterocycles. The summed E-state index contributed by atoms with van der Waals surface area (Å²) in [7, 11) is 3.14. The zero-order chi connectivity index (χ0) is 21.5. The zero-order valence-corrected chi connectivity index (χ0v) is 17.4. The predicted molar refractivity (Wildman–Crippen MR) is 114 cm³/mol. The summed E-state index contributed by atoms with van der Waals surface area (Å²) in [6.07, 6.45) is 0. The number of H-pyrrole nitrogens is 1. The fourth-order valence-corrected chi connectivity index (χ4v) is 2.80. The first-order valence-electron chi connectivity index (χ1n) is 9.41. The number of methoxy groups -OCH3 is 2. The smallest absolute Gasteiger partial charge is 0.289 e. The summed E-state index contributed by atoms with van der Waals surface area (Å²) in [4.78, 5) is 12.4. The molecule has 0 saturated heterocycles. The van der Waals surface area contributed by atoms with Crippen molar-refractivity contribution in [1.82, 2.24) is 15.6 Å². The van der Waals surface area contributed by atoms with E-state index in [4.69, 9.17) is 14.2 Å². The van der Waals surface area contributed by atoms with Crippen LogP contribution in [0.4, 0.5) is 0 Å². The van der Waals surface area contributed by atoms with Crippen molar-refractivity contribution in [2.45, 2.75) is 13.8 Å². The fourth-order valence-electron chi connectivity index (χ4n) is 2.80. The van der Waals surface area contributed by atoms with Gasteiger partial charge < -0.3 is 14.2 Å². The molecule has 0 atom stereocenters. The molecule has 2 aromatic carbocycles. The van der Waals surface area contributed by atoms with Crippen molar-refractivity contribution in [3.05, 3.63) is 59.8 Å². The first-order chi connectivity index (χ1) is 14.5. The molecule has 0 saturated carbocycles. The minimum Gasteiger partial charge on any atom is -0.494 e. The van der Waals surface area contributed by atoms with Gasteiger partial charge in [-0.05, 0) is 67.9 Å². The molecule has 0 aliphatic carbocycles. The summed E-state index contributed by atoms with van der Waals surface area (Å²) in [5.41, 5.74) is 5.79. The van der Waals surface area contributed by atoms with Crippen LogP contribution in [-0.4, -0.2) is 42.6 Å². The number of nitrogens with one attached hydrogen (secondary N) is 2. The Morgan fingerprint density at radius 1 is 1.07 bits per heavy atom. The molecule has 8 nitrogen and oxygen atoms in total. The minimum atomic E-state index is -0.389. The van der Waals surface area contributed by atoms with Gasteiger partial charge in [0.05, 0.1) is 32.2 Å². The maximum absolute atomic E-state index is 12.4. The molecule has 0 fully saturated rings. The van der Waals surface area contributed by atoms with Gasteiger partial charge in [0.1, 0.15) is 11.4 Å². The number of carbonyl (C=O) groups excluding carboxylic acids is 1. The number of aromatic nitrogens is 2. The van der Waals surface area contributed by atoms with Gasteiger partial charge in [0.25, 0.3) is 5.91 Å². The lowest BCUT2D eigenvalue weighted by molar-refractivity contribution is 0.0950. The molecular weight excluding hydrogens is 384 g/mol. The number of benzene rings is 2. The Bertz CT molecular complexity index is 1040. The van der Waals surface area contributed by atoms with Gasteiger partial charge in [-0.15, -0.1) is 0 Å². The van der Waals surface area contributed by atoms with Crippen LogP contribution in [0.3, 0.4) is 0 Å². The maximum Gasteiger partial charge on any atom is 0.289 e. The first kappa shape index (κ1) is 20.9. The highest BCUT2D eigenvalue weighted by atomic mass is 16.5. The van der Waals surface area contributed by atoms with E-state index >= 15 is 0 Å². The van der Waals surface area contributed by atoms with Crippen molar-refractivity contribution in [1.29, 1.82) is 0 Å². The van der Waals surface area contributed by atoms with Gasteiger partial charge in [-0.1, -0.05) is 0 Å². The molecule has 0 bridgehead atoms. The predicted octanol–water partition coefficient (Wildman–Crippen LogP) is 3.65. The van der Waals surface area contributed by atoms with Gasteiger partial charge in [0, 0.05) is 5.56 Å². The van der Waals surface area contributed by atoms with Crippen molar-refractivity contribution in [3.8, 4) is 28.5 Å². The Labute approximate surface area is 174 Å². The van der Waals surface area contributed by atoms with Gasteiger partial charge in [0.15, 0.2) is 11.5 Å². The van der Waals surface area contributed by atoms with E-state index in [0.717, 1.165) is 16.9 Å². The summed E-state index contributed by atoms with van der Waals surface area (Å²) >= 11 is 0. The number of carbonyl (C=O) groups is 1. The molecule has 3 aromatic rings. The number of ether oxygens (including phenoxy) is 3. The van der Waals surface area contributed by atoms with Crippen LogP contribution in [0.15, 0.2) is 53.6 Å². The Morgan fingerprint density at radius 2 is 1.80 bits per heavy atom. The van der Waals surface area contributed by atoms with E-state index in [1.807, 2.05) is 44.2 Å². The average molecular weight is 408 g/mol. The molecule has 3 rings (SSSR count). The standard InChI is InChI=1S/C22H24N4O4/c1-5-30-17-9-6-15(7-10-17)14(2)23-26-22(27)19-13-18(24-25-19)16-8-11-20(28-3)21(12-16)29-4/h6-13H,5H2,1-4H3,(H,24,25)(H,26,27)/b23-14+. The number of nitrogens with zero attached hydrogens (tertiary/aromatic N) is 2. The van der Waals surface area contributed by atoms with Gasteiger partial charge >= 0.3 is 0 Å². The van der Waals surface area contributed by atoms with Crippen LogP contribution in [-0.2, 0) is 0 Å². The maximum atomic E-state index is 12.4. The molecule has 0 unspecified atom stereocenters. The molecule has 0 spiro atoms. The van der Waals surface area contributed by atoms with E-state index in [1.165, 1.54) is 0 Å². The van der Waals surface area contributed by atoms with Gasteiger partial charge in [-0.25, -0.2) is 5.43 Å². The molecule has 8 heteroatoms. The van der Waals surface area contributed by atoms with E-state index in [0.29, 0.717) is 35.2 Å². The van der Waals surface area contributed by atoms with Crippen LogP contribution in [0.2, 0.25) is 0 Å². The number of hydrazone groups is 1. The van der Waals surface area contributed by atoms with Crippen molar-refractivity contribution < 1.29 is 19.0 Å². The van der Waals surface area contributed by atoms with Gasteiger partial charge in [0.2, 0.25) is 0 Å². The molecule has 2 N–H and O–H groups in total. The van der Waals surface area contributed by atoms with Crippen LogP contribution in [0.5, 0.6) is 17.2 Å². The number of rotatable bonds is 8. The number of hydrogen-bond donors (Lipinski definition) is 2. The lowest BCUT2D eigenvalue weighted by Crippen LogP contribution is -2.19. The molecule has 156 valence electrons. The third-order valence-electron chi connectivity index (χ3n) is 4.41. The molecule has 30 heavy (non-hydrogen) atoms. The highest BCUT2D eigenvalue weighted by molar-refractivity contribution is 6.00. The highest BCUT2D eigenvalue weighted by Gasteiger charge is 2.13. The van der Waals surface area contributed by atoms with E-state index in [2.05, 4.69) is 20.7 Å². The van der Waals surface area contributed by atoms with E-state index in [9.17, 15) is 4.79 Å². The molecule has 1 amide bonds. The van der Waals surface area contributed by atoms with Crippen molar-refractivity contribution in [2.75, 3.05) is 20.8 Å². The lowest BCUT2D eigenvalue weighted by atomic mass is 10.1. The van der Waals surface area contributed by atoms with Gasteiger partial charge in [-0.3, -0.25) is 9.89 Å². The Balaban J connectivity index is 1.69. The van der Waals surface area contributed by atoms with E-state index < -0.39 is 0 Å². The largest absolute Gasteiger partial charge is 0.494 e. The Morgan fingerprint density at radius 3 is 2.47 bits per heavy atom. The van der Waals surface area contributed by atoms with Crippen LogP contribution in [0, 0.1) is 0 Å². The summed E-state index contributed by atoms with van der Waals surface area (Å²) < 4.78 is 16.0. The molecule has 1 aromatic heterocycles. The number of hydrogen-bond acceptors (Lipinski definition) is 6. The summed E-state index contributed by atoms with van der Waals surface area (Å²) in [5.74, 6) is 1.60. The van der Waals surface area contributed by atoms with Crippen LogP contribution in [0.1, 0.15) is 29.9 Å². The monoisotopic (exact) mass is 408 g/mol. The second-order valence-electron chi connectivity index (χ2n) is 6.33. The van der Waals surface area contributed by atoms with Gasteiger partial charge in [-0.2, -0.15) is 10.2 Å². The summed E-state index contributed by atoms with van der Waals surface area (Å²) in [5, 5.41) is 11.1. The average Bonchev–Trinajstić information content (AvgIpc) is 3.28. The summed E-state index contributed by atoms with van der Waals surface area (Å²) in [6, 6.07) is 14.6. The molecule has 1 heterocycles. The highest BCUT2D eigenvalue weighted by Crippen LogP contribution is 2.31. The lowest BCUT2D eigenvalue weighted by Gasteiger charge is -2.08. The summed E-state index contributed by atoms with van der Waals surface area (Å²) in [6.45, 7) is 4.36. The van der Waals surface area contributed by atoms with Crippen LogP contribution in [0.25, 0.3) is 11.3 Å². The number of aromatic amines is 1. The molecule has 0 aliphatic rings. The second-order valence-corrected chi connectivity index (χ2v) is 6.33. The fraction of sp³-hybridized carbons (Fsp3) is 0.227. The topological polar surface area (TPSA) is 97.8 Å².